The maximum atomic E-state index is 12.1. The lowest BCUT2D eigenvalue weighted by Crippen LogP contribution is -2.37. The van der Waals surface area contributed by atoms with Gasteiger partial charge >= 0.3 is 11.8 Å². The van der Waals surface area contributed by atoms with Crippen LogP contribution in [0, 0.1) is 13.8 Å². The fraction of sp³-hybridized carbons (Fsp3) is 0.263. The van der Waals surface area contributed by atoms with E-state index < -0.39 is 11.8 Å². The predicted molar refractivity (Wildman–Crippen MR) is 94.1 cm³/mol. The minimum atomic E-state index is -0.678. The van der Waals surface area contributed by atoms with Crippen LogP contribution in [0.3, 0.4) is 0 Å². The molecule has 2 N–H and O–H groups in total. The van der Waals surface area contributed by atoms with E-state index in [-0.39, 0.29) is 6.04 Å². The fourth-order valence-electron chi connectivity index (χ4n) is 2.37. The molecule has 0 bridgehead atoms. The number of aryl methyl sites for hydroxylation is 2. The van der Waals surface area contributed by atoms with Gasteiger partial charge in [-0.25, -0.2) is 0 Å². The molecule has 2 aromatic rings. The van der Waals surface area contributed by atoms with Gasteiger partial charge in [0.1, 0.15) is 5.75 Å². The topological polar surface area (TPSA) is 67.4 Å². The second-order valence-electron chi connectivity index (χ2n) is 5.74. The van der Waals surface area contributed by atoms with Gasteiger partial charge < -0.3 is 15.4 Å². The smallest absolute Gasteiger partial charge is 0.313 e. The van der Waals surface area contributed by atoms with Crippen LogP contribution < -0.4 is 15.4 Å². The van der Waals surface area contributed by atoms with E-state index in [4.69, 9.17) is 4.74 Å². The number of hydrogen-bond donors (Lipinski definition) is 2. The molecule has 0 radical (unpaired) electrons. The number of methoxy groups -OCH3 is 1. The molecular weight excluding hydrogens is 304 g/mol. The number of rotatable bonds is 4. The van der Waals surface area contributed by atoms with Crippen LogP contribution in [-0.4, -0.2) is 18.9 Å². The standard InChI is InChI=1S/C19H22N2O3/c1-12-5-10-17(13(2)11-12)21-19(23)18(22)20-14(3)15-6-8-16(24-4)9-7-15/h5-11,14H,1-4H3,(H,20,22)(H,21,23). The molecule has 0 saturated heterocycles. The highest BCUT2D eigenvalue weighted by atomic mass is 16.5. The van der Waals surface area contributed by atoms with Crippen molar-refractivity contribution in [1.29, 1.82) is 0 Å². The van der Waals surface area contributed by atoms with E-state index in [1.807, 2.05) is 57.2 Å². The first-order valence-electron chi connectivity index (χ1n) is 7.73. The number of amides is 2. The molecule has 0 aromatic heterocycles. The number of nitrogens with one attached hydrogen (secondary N) is 2. The van der Waals surface area contributed by atoms with E-state index >= 15 is 0 Å². The number of benzene rings is 2. The van der Waals surface area contributed by atoms with Crippen molar-refractivity contribution in [3.8, 4) is 5.75 Å². The Kier molecular flexibility index (Phi) is 5.58. The second-order valence-corrected chi connectivity index (χ2v) is 5.74. The van der Waals surface area contributed by atoms with E-state index in [9.17, 15) is 9.59 Å². The Hall–Kier alpha value is -2.82. The maximum Gasteiger partial charge on any atom is 0.313 e. The Morgan fingerprint density at radius 3 is 2.25 bits per heavy atom. The largest absolute Gasteiger partial charge is 0.497 e. The van der Waals surface area contributed by atoms with Crippen molar-refractivity contribution in [1.82, 2.24) is 5.32 Å². The molecule has 1 unspecified atom stereocenters. The summed E-state index contributed by atoms with van der Waals surface area (Å²) in [5, 5.41) is 5.33. The molecule has 5 nitrogen and oxygen atoms in total. The van der Waals surface area contributed by atoms with Gasteiger partial charge in [0.05, 0.1) is 13.2 Å². The maximum absolute atomic E-state index is 12.1. The normalized spacial score (nSPS) is 11.5. The predicted octanol–water partition coefficient (Wildman–Crippen LogP) is 3.13. The van der Waals surface area contributed by atoms with Crippen LogP contribution in [0.25, 0.3) is 0 Å². The summed E-state index contributed by atoms with van der Waals surface area (Å²) in [6, 6.07) is 12.7. The van der Waals surface area contributed by atoms with Gasteiger partial charge in [-0.05, 0) is 50.1 Å². The van der Waals surface area contributed by atoms with E-state index in [0.717, 1.165) is 22.4 Å². The van der Waals surface area contributed by atoms with Gasteiger partial charge in [0.2, 0.25) is 0 Å². The Morgan fingerprint density at radius 1 is 1.00 bits per heavy atom. The zero-order chi connectivity index (χ0) is 17.7. The first-order chi connectivity index (χ1) is 11.4. The molecule has 2 rings (SSSR count). The van der Waals surface area contributed by atoms with Crippen LogP contribution in [-0.2, 0) is 9.59 Å². The summed E-state index contributed by atoms with van der Waals surface area (Å²) in [6.45, 7) is 5.69. The number of ether oxygens (including phenoxy) is 1. The molecule has 0 heterocycles. The monoisotopic (exact) mass is 326 g/mol. The Bertz CT molecular complexity index is 739. The number of anilines is 1. The Labute approximate surface area is 142 Å². The van der Waals surface area contributed by atoms with Gasteiger partial charge in [-0.3, -0.25) is 9.59 Å². The quantitative estimate of drug-likeness (QED) is 0.848. The van der Waals surface area contributed by atoms with Gasteiger partial charge in [-0.1, -0.05) is 29.8 Å². The minimum Gasteiger partial charge on any atom is -0.497 e. The van der Waals surface area contributed by atoms with E-state index in [1.165, 1.54) is 0 Å². The SMILES string of the molecule is COc1ccc(C(C)NC(=O)C(=O)Nc2ccc(C)cc2C)cc1. The first kappa shape index (κ1) is 17.5. The lowest BCUT2D eigenvalue weighted by atomic mass is 10.1. The molecule has 5 heteroatoms. The molecule has 2 aromatic carbocycles. The second kappa shape index (κ2) is 7.64. The molecule has 24 heavy (non-hydrogen) atoms. The van der Waals surface area contributed by atoms with Crippen LogP contribution in [0.2, 0.25) is 0 Å². The van der Waals surface area contributed by atoms with Crippen LogP contribution in [0.4, 0.5) is 5.69 Å². The van der Waals surface area contributed by atoms with Crippen molar-refractivity contribution in [3.63, 3.8) is 0 Å². The summed E-state index contributed by atoms with van der Waals surface area (Å²) in [5.74, 6) is -0.606. The highest BCUT2D eigenvalue weighted by Crippen LogP contribution is 2.18. The third kappa shape index (κ3) is 4.35. The highest BCUT2D eigenvalue weighted by molar-refractivity contribution is 6.39. The summed E-state index contributed by atoms with van der Waals surface area (Å²) in [7, 11) is 1.59. The third-order valence-electron chi connectivity index (χ3n) is 3.80. The third-order valence-corrected chi connectivity index (χ3v) is 3.80. The van der Waals surface area contributed by atoms with Crippen molar-refractivity contribution in [2.24, 2.45) is 0 Å². The van der Waals surface area contributed by atoms with Gasteiger partial charge in [0.25, 0.3) is 0 Å². The summed E-state index contributed by atoms with van der Waals surface area (Å²) >= 11 is 0. The van der Waals surface area contributed by atoms with Crippen LogP contribution in [0.15, 0.2) is 42.5 Å². The Morgan fingerprint density at radius 2 is 1.67 bits per heavy atom. The van der Waals surface area contributed by atoms with Crippen molar-refractivity contribution >= 4 is 17.5 Å². The molecule has 0 saturated carbocycles. The molecule has 126 valence electrons. The number of hydrogen-bond acceptors (Lipinski definition) is 3. The van der Waals surface area contributed by atoms with Crippen molar-refractivity contribution < 1.29 is 14.3 Å². The highest BCUT2D eigenvalue weighted by Gasteiger charge is 2.18. The average Bonchev–Trinajstić information content (AvgIpc) is 2.57. The van der Waals surface area contributed by atoms with Crippen molar-refractivity contribution in [2.75, 3.05) is 12.4 Å². The van der Waals surface area contributed by atoms with Gasteiger partial charge in [0, 0.05) is 5.69 Å². The van der Waals surface area contributed by atoms with E-state index in [2.05, 4.69) is 10.6 Å². The summed E-state index contributed by atoms with van der Waals surface area (Å²) in [6.07, 6.45) is 0. The zero-order valence-electron chi connectivity index (χ0n) is 14.3. The molecule has 2 amide bonds. The molecule has 0 spiro atoms. The lowest BCUT2D eigenvalue weighted by molar-refractivity contribution is -0.136. The summed E-state index contributed by atoms with van der Waals surface area (Å²) < 4.78 is 5.10. The summed E-state index contributed by atoms with van der Waals surface area (Å²) in [4.78, 5) is 24.2. The van der Waals surface area contributed by atoms with Crippen LogP contribution in [0.1, 0.15) is 29.7 Å². The van der Waals surface area contributed by atoms with E-state index in [1.54, 1.807) is 13.2 Å². The number of carbonyl (C=O) groups is 2. The molecule has 1 atom stereocenters. The van der Waals surface area contributed by atoms with Crippen molar-refractivity contribution in [3.05, 3.63) is 59.2 Å². The molecule has 0 aliphatic carbocycles. The zero-order valence-corrected chi connectivity index (χ0v) is 14.3. The molecule has 0 aliphatic rings. The van der Waals surface area contributed by atoms with Gasteiger partial charge in [0.15, 0.2) is 0 Å². The average molecular weight is 326 g/mol. The Balaban J connectivity index is 1.98. The van der Waals surface area contributed by atoms with Crippen molar-refractivity contribution in [2.45, 2.75) is 26.8 Å². The van der Waals surface area contributed by atoms with Crippen LogP contribution >= 0.6 is 0 Å². The molecule has 0 fully saturated rings. The van der Waals surface area contributed by atoms with E-state index in [0.29, 0.717) is 5.69 Å². The first-order valence-corrected chi connectivity index (χ1v) is 7.73. The summed E-state index contributed by atoms with van der Waals surface area (Å²) in [5.41, 5.74) is 3.55. The molecule has 0 aliphatic heterocycles. The fourth-order valence-corrected chi connectivity index (χ4v) is 2.37. The molecular formula is C19H22N2O3. The number of carbonyl (C=O) groups excluding carboxylic acids is 2. The minimum absolute atomic E-state index is 0.284. The van der Waals surface area contributed by atoms with Gasteiger partial charge in [-0.2, -0.15) is 0 Å². The van der Waals surface area contributed by atoms with Crippen LogP contribution in [0.5, 0.6) is 5.75 Å². The lowest BCUT2D eigenvalue weighted by Gasteiger charge is -2.15. The van der Waals surface area contributed by atoms with Gasteiger partial charge in [-0.15, -0.1) is 0 Å².